The molecule has 1 aliphatic heterocycles. The average Bonchev–Trinajstić information content (AvgIpc) is 2.82. The van der Waals surface area contributed by atoms with Gasteiger partial charge in [-0.3, -0.25) is 0 Å². The standard InChI is InChI=1S/C15H12Cl2FNO/c16-11-3-9-1-2-20-15(9)10(4-11)8-19-14-6-12(17)5-13(18)7-14/h3-7,19H,1-2,8H2. The molecule has 2 aromatic carbocycles. The van der Waals surface area contributed by atoms with Crippen LogP contribution in [0.25, 0.3) is 0 Å². The van der Waals surface area contributed by atoms with Gasteiger partial charge in [0.1, 0.15) is 11.6 Å². The topological polar surface area (TPSA) is 21.3 Å². The first-order valence-corrected chi connectivity index (χ1v) is 7.01. The average molecular weight is 312 g/mol. The molecule has 0 unspecified atom stereocenters. The minimum absolute atomic E-state index is 0.361. The van der Waals surface area contributed by atoms with Gasteiger partial charge in [-0.2, -0.15) is 0 Å². The fourth-order valence-corrected chi connectivity index (χ4v) is 2.82. The zero-order chi connectivity index (χ0) is 14.1. The van der Waals surface area contributed by atoms with Crippen molar-refractivity contribution in [3.8, 4) is 5.75 Å². The first-order valence-electron chi connectivity index (χ1n) is 6.26. The minimum Gasteiger partial charge on any atom is -0.493 e. The van der Waals surface area contributed by atoms with Crippen LogP contribution in [0.2, 0.25) is 10.0 Å². The van der Waals surface area contributed by atoms with Gasteiger partial charge in [-0.15, -0.1) is 0 Å². The fraction of sp³-hybridized carbons (Fsp3) is 0.200. The molecule has 0 spiro atoms. The Hall–Kier alpha value is -1.45. The van der Waals surface area contributed by atoms with Crippen LogP contribution in [0.1, 0.15) is 11.1 Å². The van der Waals surface area contributed by atoms with E-state index < -0.39 is 0 Å². The molecule has 0 saturated carbocycles. The number of hydrogen-bond donors (Lipinski definition) is 1. The van der Waals surface area contributed by atoms with Crippen molar-refractivity contribution in [1.82, 2.24) is 0 Å². The summed E-state index contributed by atoms with van der Waals surface area (Å²) in [5.41, 5.74) is 2.71. The molecule has 3 rings (SSSR count). The molecule has 0 amide bonds. The number of benzene rings is 2. The highest BCUT2D eigenvalue weighted by Gasteiger charge is 2.17. The highest BCUT2D eigenvalue weighted by molar-refractivity contribution is 6.31. The lowest BCUT2D eigenvalue weighted by Crippen LogP contribution is -2.02. The van der Waals surface area contributed by atoms with Gasteiger partial charge in [0.15, 0.2) is 0 Å². The van der Waals surface area contributed by atoms with E-state index in [4.69, 9.17) is 27.9 Å². The SMILES string of the molecule is Fc1cc(Cl)cc(NCc2cc(Cl)cc3c2OCC3)c1. The van der Waals surface area contributed by atoms with E-state index in [-0.39, 0.29) is 5.82 Å². The van der Waals surface area contributed by atoms with Crippen molar-refractivity contribution < 1.29 is 9.13 Å². The third kappa shape index (κ3) is 2.84. The van der Waals surface area contributed by atoms with Gasteiger partial charge in [-0.25, -0.2) is 4.39 Å². The van der Waals surface area contributed by atoms with Crippen LogP contribution < -0.4 is 10.1 Å². The predicted molar refractivity (Wildman–Crippen MR) is 79.4 cm³/mol. The molecular weight excluding hydrogens is 300 g/mol. The van der Waals surface area contributed by atoms with E-state index in [9.17, 15) is 4.39 Å². The van der Waals surface area contributed by atoms with Crippen LogP contribution in [-0.4, -0.2) is 6.61 Å². The van der Waals surface area contributed by atoms with Crippen LogP contribution in [0.5, 0.6) is 5.75 Å². The molecule has 0 fully saturated rings. The van der Waals surface area contributed by atoms with Crippen molar-refractivity contribution in [1.29, 1.82) is 0 Å². The Morgan fingerprint density at radius 3 is 2.70 bits per heavy atom. The first-order chi connectivity index (χ1) is 9.61. The van der Waals surface area contributed by atoms with E-state index in [0.717, 1.165) is 23.3 Å². The number of rotatable bonds is 3. The van der Waals surface area contributed by atoms with Crippen molar-refractivity contribution in [2.45, 2.75) is 13.0 Å². The molecule has 2 aromatic rings. The van der Waals surface area contributed by atoms with E-state index in [1.807, 2.05) is 12.1 Å². The second kappa shape index (κ2) is 5.51. The Balaban J connectivity index is 1.82. The molecule has 1 heterocycles. The summed E-state index contributed by atoms with van der Waals surface area (Å²) in [6.07, 6.45) is 0.870. The lowest BCUT2D eigenvalue weighted by molar-refractivity contribution is 0.354. The molecular formula is C15H12Cl2FNO. The summed E-state index contributed by atoms with van der Waals surface area (Å²) in [6.45, 7) is 1.18. The van der Waals surface area contributed by atoms with Crippen molar-refractivity contribution in [2.75, 3.05) is 11.9 Å². The van der Waals surface area contributed by atoms with Crippen LogP contribution in [0, 0.1) is 5.82 Å². The Bertz CT molecular complexity index is 640. The molecule has 0 radical (unpaired) electrons. The summed E-state index contributed by atoms with van der Waals surface area (Å²) in [5, 5.41) is 4.18. The van der Waals surface area contributed by atoms with Crippen molar-refractivity contribution in [2.24, 2.45) is 0 Å². The zero-order valence-electron chi connectivity index (χ0n) is 10.6. The number of hydrogen-bond acceptors (Lipinski definition) is 2. The molecule has 5 heteroatoms. The highest BCUT2D eigenvalue weighted by atomic mass is 35.5. The van der Waals surface area contributed by atoms with Crippen LogP contribution >= 0.6 is 23.2 Å². The molecule has 104 valence electrons. The second-order valence-corrected chi connectivity index (χ2v) is 5.54. The minimum atomic E-state index is -0.368. The third-order valence-corrected chi connectivity index (χ3v) is 3.61. The van der Waals surface area contributed by atoms with Gasteiger partial charge in [0.2, 0.25) is 0 Å². The van der Waals surface area contributed by atoms with Crippen LogP contribution in [-0.2, 0) is 13.0 Å². The van der Waals surface area contributed by atoms with E-state index in [2.05, 4.69) is 5.32 Å². The van der Waals surface area contributed by atoms with Gasteiger partial charge in [0.25, 0.3) is 0 Å². The summed E-state index contributed by atoms with van der Waals surface area (Å²) < 4.78 is 18.9. The zero-order valence-corrected chi connectivity index (χ0v) is 12.1. The number of anilines is 1. The summed E-state index contributed by atoms with van der Waals surface area (Å²) >= 11 is 11.9. The molecule has 0 saturated heterocycles. The third-order valence-electron chi connectivity index (χ3n) is 3.17. The predicted octanol–water partition coefficient (Wildman–Crippen LogP) is 4.68. The van der Waals surface area contributed by atoms with Gasteiger partial charge >= 0.3 is 0 Å². The summed E-state index contributed by atoms with van der Waals surface area (Å²) in [4.78, 5) is 0. The van der Waals surface area contributed by atoms with Crippen LogP contribution in [0.3, 0.4) is 0 Å². The Labute approximate surface area is 126 Å². The highest BCUT2D eigenvalue weighted by Crippen LogP contribution is 2.33. The summed E-state index contributed by atoms with van der Waals surface area (Å²) in [6, 6.07) is 8.13. The lowest BCUT2D eigenvalue weighted by atomic mass is 10.1. The Kier molecular flexibility index (Phi) is 3.72. The Morgan fingerprint density at radius 1 is 1.10 bits per heavy atom. The molecule has 2 nitrogen and oxygen atoms in total. The molecule has 1 aliphatic rings. The molecule has 0 aromatic heterocycles. The smallest absolute Gasteiger partial charge is 0.127 e. The van der Waals surface area contributed by atoms with Crippen molar-refractivity contribution in [3.63, 3.8) is 0 Å². The molecule has 0 bridgehead atoms. The first kappa shape index (κ1) is 13.5. The Morgan fingerprint density at radius 2 is 1.90 bits per heavy atom. The maximum atomic E-state index is 13.3. The van der Waals surface area contributed by atoms with Crippen molar-refractivity contribution >= 4 is 28.9 Å². The van der Waals surface area contributed by atoms with Gasteiger partial charge in [0, 0.05) is 34.3 Å². The molecule has 20 heavy (non-hydrogen) atoms. The molecule has 0 atom stereocenters. The number of fused-ring (bicyclic) bond motifs is 1. The van der Waals surface area contributed by atoms with Gasteiger partial charge in [-0.1, -0.05) is 23.2 Å². The lowest BCUT2D eigenvalue weighted by Gasteiger charge is -2.11. The van der Waals surface area contributed by atoms with Gasteiger partial charge < -0.3 is 10.1 Å². The van der Waals surface area contributed by atoms with Gasteiger partial charge in [-0.05, 0) is 35.9 Å². The molecule has 0 aliphatic carbocycles. The second-order valence-electron chi connectivity index (χ2n) is 4.66. The summed E-state index contributed by atoms with van der Waals surface area (Å²) in [7, 11) is 0. The van der Waals surface area contributed by atoms with E-state index in [1.165, 1.54) is 12.1 Å². The van der Waals surface area contributed by atoms with E-state index in [1.54, 1.807) is 6.07 Å². The van der Waals surface area contributed by atoms with Crippen LogP contribution in [0.15, 0.2) is 30.3 Å². The van der Waals surface area contributed by atoms with Gasteiger partial charge in [0.05, 0.1) is 6.61 Å². The normalized spacial score (nSPS) is 12.9. The summed E-state index contributed by atoms with van der Waals surface area (Å²) in [5.74, 6) is 0.511. The quantitative estimate of drug-likeness (QED) is 0.888. The fourth-order valence-electron chi connectivity index (χ4n) is 2.33. The number of nitrogens with one attached hydrogen (secondary N) is 1. The maximum Gasteiger partial charge on any atom is 0.127 e. The largest absolute Gasteiger partial charge is 0.493 e. The van der Waals surface area contributed by atoms with Crippen molar-refractivity contribution in [3.05, 3.63) is 57.3 Å². The maximum absolute atomic E-state index is 13.3. The molecule has 1 N–H and O–H groups in total. The number of ether oxygens (including phenoxy) is 1. The van der Waals surface area contributed by atoms with Crippen LogP contribution in [0.4, 0.5) is 10.1 Å². The van der Waals surface area contributed by atoms with E-state index in [0.29, 0.717) is 28.9 Å². The number of halogens is 3. The van der Waals surface area contributed by atoms with E-state index >= 15 is 0 Å². The monoisotopic (exact) mass is 311 g/mol.